The number of benzene rings is 1. The molecule has 1 aromatic carbocycles. The Balaban J connectivity index is 2.62. The first-order chi connectivity index (χ1) is 7.22. The lowest BCUT2D eigenvalue weighted by molar-refractivity contribution is 0.0601. The Bertz CT molecular complexity index is 525. The van der Waals surface area contributed by atoms with Crippen molar-refractivity contribution >= 4 is 32.8 Å². The molecule has 0 aliphatic heterocycles. The van der Waals surface area contributed by atoms with E-state index in [-0.39, 0.29) is 5.97 Å². The molecule has 0 unspecified atom stereocenters. The number of esters is 1. The van der Waals surface area contributed by atoms with Crippen molar-refractivity contribution in [1.29, 1.82) is 0 Å². The van der Waals surface area contributed by atoms with E-state index in [0.717, 1.165) is 15.4 Å². The molecule has 3 nitrogen and oxygen atoms in total. The number of hydrogen-bond donors (Lipinski definition) is 0. The Labute approximate surface area is 95.2 Å². The third kappa shape index (κ3) is 1.85. The largest absolute Gasteiger partial charge is 0.465 e. The Morgan fingerprint density at radius 1 is 1.40 bits per heavy atom. The normalized spacial score (nSPS) is 10.3. The van der Waals surface area contributed by atoms with Crippen LogP contribution in [0.15, 0.2) is 34.9 Å². The van der Waals surface area contributed by atoms with Crippen molar-refractivity contribution in [2.24, 2.45) is 0 Å². The van der Waals surface area contributed by atoms with Gasteiger partial charge < -0.3 is 4.74 Å². The van der Waals surface area contributed by atoms with Gasteiger partial charge in [0.25, 0.3) is 0 Å². The zero-order valence-electron chi connectivity index (χ0n) is 8.03. The number of fused-ring (bicyclic) bond motifs is 1. The van der Waals surface area contributed by atoms with E-state index in [1.807, 2.05) is 12.1 Å². The van der Waals surface area contributed by atoms with Crippen molar-refractivity contribution in [3.63, 3.8) is 0 Å². The van der Waals surface area contributed by atoms with Gasteiger partial charge in [0.2, 0.25) is 0 Å². The molecule has 76 valence electrons. The molecule has 4 heteroatoms. The van der Waals surface area contributed by atoms with Gasteiger partial charge in [0, 0.05) is 16.1 Å². The Kier molecular flexibility index (Phi) is 2.68. The number of rotatable bonds is 1. The molecule has 0 N–H and O–H groups in total. The molecule has 0 atom stereocenters. The minimum Gasteiger partial charge on any atom is -0.465 e. The van der Waals surface area contributed by atoms with Crippen molar-refractivity contribution in [3.8, 4) is 0 Å². The quantitative estimate of drug-likeness (QED) is 0.745. The lowest BCUT2D eigenvalue weighted by Gasteiger charge is -2.02. The van der Waals surface area contributed by atoms with Gasteiger partial charge in [0.05, 0.1) is 18.2 Å². The van der Waals surface area contributed by atoms with Crippen LogP contribution in [0.2, 0.25) is 0 Å². The fraction of sp³-hybridized carbons (Fsp3) is 0.0909. The summed E-state index contributed by atoms with van der Waals surface area (Å²) in [5.41, 5.74) is 1.28. The highest BCUT2D eigenvalue weighted by Gasteiger charge is 2.07. The van der Waals surface area contributed by atoms with Crippen LogP contribution in [0.4, 0.5) is 0 Å². The maximum atomic E-state index is 11.3. The maximum Gasteiger partial charge on any atom is 0.337 e. The standard InChI is InChI=1S/C11H8BrNO2/c1-15-11(14)7-2-3-8-9(12)4-5-13-10(8)6-7/h2-6H,1H3. The van der Waals surface area contributed by atoms with Crippen molar-refractivity contribution < 1.29 is 9.53 Å². The predicted octanol–water partition coefficient (Wildman–Crippen LogP) is 2.78. The van der Waals surface area contributed by atoms with Gasteiger partial charge in [-0.1, -0.05) is 22.0 Å². The molecular weight excluding hydrogens is 258 g/mol. The van der Waals surface area contributed by atoms with Crippen molar-refractivity contribution in [1.82, 2.24) is 4.98 Å². The van der Waals surface area contributed by atoms with Gasteiger partial charge in [0.1, 0.15) is 0 Å². The molecule has 1 heterocycles. The summed E-state index contributed by atoms with van der Waals surface area (Å²) in [5.74, 6) is -0.348. The van der Waals surface area contributed by atoms with Crippen LogP contribution in [-0.4, -0.2) is 18.1 Å². The molecular formula is C11H8BrNO2. The van der Waals surface area contributed by atoms with Gasteiger partial charge in [0.15, 0.2) is 0 Å². The van der Waals surface area contributed by atoms with Gasteiger partial charge in [-0.15, -0.1) is 0 Å². The van der Waals surface area contributed by atoms with Gasteiger partial charge in [-0.05, 0) is 18.2 Å². The Morgan fingerprint density at radius 3 is 2.93 bits per heavy atom. The summed E-state index contributed by atoms with van der Waals surface area (Å²) in [4.78, 5) is 15.5. The average molecular weight is 266 g/mol. The van der Waals surface area contributed by atoms with Crippen LogP contribution in [0.3, 0.4) is 0 Å². The van der Waals surface area contributed by atoms with Crippen LogP contribution in [0, 0.1) is 0 Å². The molecule has 2 rings (SSSR count). The number of pyridine rings is 1. The molecule has 0 radical (unpaired) electrons. The lowest BCUT2D eigenvalue weighted by Crippen LogP contribution is -2.00. The lowest BCUT2D eigenvalue weighted by atomic mass is 10.1. The molecule has 2 aromatic rings. The maximum absolute atomic E-state index is 11.3. The minimum absolute atomic E-state index is 0.348. The minimum atomic E-state index is -0.348. The molecule has 0 bridgehead atoms. The zero-order valence-corrected chi connectivity index (χ0v) is 9.61. The molecule has 0 spiro atoms. The van der Waals surface area contributed by atoms with E-state index in [1.54, 1.807) is 18.3 Å². The second-order valence-corrected chi connectivity index (χ2v) is 3.87. The summed E-state index contributed by atoms with van der Waals surface area (Å²) >= 11 is 3.42. The van der Waals surface area contributed by atoms with E-state index in [9.17, 15) is 4.79 Å². The van der Waals surface area contributed by atoms with Gasteiger partial charge in [-0.2, -0.15) is 0 Å². The summed E-state index contributed by atoms with van der Waals surface area (Å²) in [6.07, 6.45) is 1.69. The zero-order chi connectivity index (χ0) is 10.8. The van der Waals surface area contributed by atoms with E-state index in [1.165, 1.54) is 7.11 Å². The van der Waals surface area contributed by atoms with Crippen molar-refractivity contribution in [3.05, 3.63) is 40.5 Å². The molecule has 15 heavy (non-hydrogen) atoms. The Morgan fingerprint density at radius 2 is 2.20 bits per heavy atom. The summed E-state index contributed by atoms with van der Waals surface area (Å²) < 4.78 is 5.60. The number of nitrogens with zero attached hydrogens (tertiary/aromatic N) is 1. The van der Waals surface area contributed by atoms with Crippen molar-refractivity contribution in [2.75, 3.05) is 7.11 Å². The number of carbonyl (C=O) groups excluding carboxylic acids is 1. The van der Waals surface area contributed by atoms with Crippen LogP contribution in [0.25, 0.3) is 10.9 Å². The number of aromatic nitrogens is 1. The SMILES string of the molecule is COC(=O)c1ccc2c(Br)ccnc2c1. The second-order valence-electron chi connectivity index (χ2n) is 3.02. The molecule has 0 saturated heterocycles. The highest BCUT2D eigenvalue weighted by molar-refractivity contribution is 9.10. The third-order valence-corrected chi connectivity index (χ3v) is 2.80. The summed E-state index contributed by atoms with van der Waals surface area (Å²) in [5, 5.41) is 0.977. The molecule has 0 saturated carbocycles. The average Bonchev–Trinajstić information content (AvgIpc) is 2.28. The molecule has 0 aliphatic carbocycles. The fourth-order valence-electron chi connectivity index (χ4n) is 1.36. The van der Waals surface area contributed by atoms with Crippen LogP contribution >= 0.6 is 15.9 Å². The Hall–Kier alpha value is -1.42. The number of ether oxygens (including phenoxy) is 1. The fourth-order valence-corrected chi connectivity index (χ4v) is 1.81. The molecule has 0 fully saturated rings. The molecule has 1 aromatic heterocycles. The number of carbonyl (C=O) groups is 1. The summed E-state index contributed by atoms with van der Waals surface area (Å²) in [7, 11) is 1.36. The second kappa shape index (κ2) is 3.98. The van der Waals surface area contributed by atoms with Crippen LogP contribution in [0.5, 0.6) is 0 Å². The summed E-state index contributed by atoms with van der Waals surface area (Å²) in [6.45, 7) is 0. The van der Waals surface area contributed by atoms with E-state index in [4.69, 9.17) is 0 Å². The van der Waals surface area contributed by atoms with Gasteiger partial charge in [-0.3, -0.25) is 4.98 Å². The first-order valence-corrected chi connectivity index (χ1v) is 5.14. The van der Waals surface area contributed by atoms with E-state index >= 15 is 0 Å². The molecule has 0 amide bonds. The molecule has 0 aliphatic rings. The smallest absolute Gasteiger partial charge is 0.337 e. The van der Waals surface area contributed by atoms with E-state index in [0.29, 0.717) is 5.56 Å². The first kappa shape index (κ1) is 10.1. The van der Waals surface area contributed by atoms with Gasteiger partial charge >= 0.3 is 5.97 Å². The highest BCUT2D eigenvalue weighted by atomic mass is 79.9. The van der Waals surface area contributed by atoms with Crippen LogP contribution in [0.1, 0.15) is 10.4 Å². The van der Waals surface area contributed by atoms with E-state index in [2.05, 4.69) is 25.7 Å². The van der Waals surface area contributed by atoms with Gasteiger partial charge in [-0.25, -0.2) is 4.79 Å². The van der Waals surface area contributed by atoms with Crippen LogP contribution < -0.4 is 0 Å². The number of methoxy groups -OCH3 is 1. The summed E-state index contributed by atoms with van der Waals surface area (Å²) in [6, 6.07) is 7.14. The topological polar surface area (TPSA) is 39.2 Å². The van der Waals surface area contributed by atoms with Crippen molar-refractivity contribution in [2.45, 2.75) is 0 Å². The first-order valence-electron chi connectivity index (χ1n) is 4.35. The third-order valence-electron chi connectivity index (χ3n) is 2.11. The predicted molar refractivity (Wildman–Crippen MR) is 60.8 cm³/mol. The monoisotopic (exact) mass is 265 g/mol. The van der Waals surface area contributed by atoms with Crippen LogP contribution in [-0.2, 0) is 4.74 Å². The number of halogens is 1. The number of hydrogen-bond acceptors (Lipinski definition) is 3. The van der Waals surface area contributed by atoms with E-state index < -0.39 is 0 Å². The highest BCUT2D eigenvalue weighted by Crippen LogP contribution is 2.22.